The van der Waals surface area contributed by atoms with E-state index in [0.29, 0.717) is 18.2 Å². The van der Waals surface area contributed by atoms with Crippen molar-refractivity contribution in [3.8, 4) is 0 Å². The molecule has 4 heteroatoms. The number of hydrogen-bond donors (Lipinski definition) is 2. The number of nitrogens with one attached hydrogen (secondary N) is 2. The van der Waals surface area contributed by atoms with Crippen LogP contribution in [0.1, 0.15) is 35.7 Å². The summed E-state index contributed by atoms with van der Waals surface area (Å²) in [6, 6.07) is 8.34. The Hall–Kier alpha value is -1.39. The molecule has 1 aliphatic heterocycles. The number of amides is 1. The third-order valence-corrected chi connectivity index (χ3v) is 3.46. The first-order valence-corrected chi connectivity index (χ1v) is 6.81. The normalized spacial score (nSPS) is 23.1. The number of carbonyl (C=O) groups is 1. The number of benzene rings is 1. The van der Waals surface area contributed by atoms with Crippen molar-refractivity contribution in [3.05, 3.63) is 35.4 Å². The van der Waals surface area contributed by atoms with E-state index in [9.17, 15) is 4.79 Å². The molecule has 2 rings (SSSR count). The molecule has 1 aromatic rings. The quantitative estimate of drug-likeness (QED) is 0.868. The SMILES string of the molecule is COCc1cccc(C(=O)NC2CCNC(C)C2)c1. The summed E-state index contributed by atoms with van der Waals surface area (Å²) in [5.74, 6) is 0.0112. The van der Waals surface area contributed by atoms with E-state index in [2.05, 4.69) is 17.6 Å². The molecule has 2 N–H and O–H groups in total. The van der Waals surface area contributed by atoms with Crippen LogP contribution in [0.3, 0.4) is 0 Å². The van der Waals surface area contributed by atoms with E-state index in [0.717, 1.165) is 24.9 Å². The highest BCUT2D eigenvalue weighted by Crippen LogP contribution is 2.11. The van der Waals surface area contributed by atoms with Crippen molar-refractivity contribution in [2.75, 3.05) is 13.7 Å². The molecule has 2 atom stereocenters. The Bertz CT molecular complexity index is 434. The summed E-state index contributed by atoms with van der Waals surface area (Å²) < 4.78 is 5.09. The fourth-order valence-electron chi connectivity index (χ4n) is 2.50. The largest absolute Gasteiger partial charge is 0.380 e. The van der Waals surface area contributed by atoms with Crippen LogP contribution in [0, 0.1) is 0 Å². The predicted molar refractivity (Wildman–Crippen MR) is 75.1 cm³/mol. The molecule has 1 aromatic carbocycles. The Balaban J connectivity index is 1.97. The van der Waals surface area contributed by atoms with Crippen LogP contribution < -0.4 is 10.6 Å². The lowest BCUT2D eigenvalue weighted by Gasteiger charge is -2.28. The minimum Gasteiger partial charge on any atom is -0.380 e. The Morgan fingerprint density at radius 2 is 2.37 bits per heavy atom. The summed E-state index contributed by atoms with van der Waals surface area (Å²) in [6.45, 7) is 3.65. The molecule has 0 aliphatic carbocycles. The monoisotopic (exact) mass is 262 g/mol. The minimum absolute atomic E-state index is 0.0112. The van der Waals surface area contributed by atoms with Crippen molar-refractivity contribution in [2.24, 2.45) is 0 Å². The van der Waals surface area contributed by atoms with Gasteiger partial charge in [0.05, 0.1) is 6.61 Å². The van der Waals surface area contributed by atoms with Gasteiger partial charge in [0.1, 0.15) is 0 Å². The Morgan fingerprint density at radius 3 is 3.11 bits per heavy atom. The van der Waals surface area contributed by atoms with E-state index in [1.165, 1.54) is 0 Å². The van der Waals surface area contributed by atoms with Gasteiger partial charge in [-0.15, -0.1) is 0 Å². The number of rotatable bonds is 4. The fraction of sp³-hybridized carbons (Fsp3) is 0.533. The highest BCUT2D eigenvalue weighted by molar-refractivity contribution is 5.94. The lowest BCUT2D eigenvalue weighted by molar-refractivity contribution is 0.0925. The number of ether oxygens (including phenoxy) is 1. The van der Waals surface area contributed by atoms with Crippen LogP contribution in [0.5, 0.6) is 0 Å². The first-order valence-electron chi connectivity index (χ1n) is 6.81. The minimum atomic E-state index is 0.0112. The van der Waals surface area contributed by atoms with Gasteiger partial charge in [0.15, 0.2) is 0 Å². The second-order valence-corrected chi connectivity index (χ2v) is 5.18. The average molecular weight is 262 g/mol. The van der Waals surface area contributed by atoms with Crippen LogP contribution >= 0.6 is 0 Å². The molecule has 1 heterocycles. The van der Waals surface area contributed by atoms with Gasteiger partial charge in [0, 0.05) is 24.8 Å². The van der Waals surface area contributed by atoms with Crippen LogP contribution in [0.15, 0.2) is 24.3 Å². The van der Waals surface area contributed by atoms with Crippen molar-refractivity contribution in [1.82, 2.24) is 10.6 Å². The maximum Gasteiger partial charge on any atom is 0.251 e. The summed E-state index contributed by atoms with van der Waals surface area (Å²) in [6.07, 6.45) is 1.98. The zero-order chi connectivity index (χ0) is 13.7. The maximum atomic E-state index is 12.2. The van der Waals surface area contributed by atoms with Gasteiger partial charge < -0.3 is 15.4 Å². The number of hydrogen-bond acceptors (Lipinski definition) is 3. The van der Waals surface area contributed by atoms with Gasteiger partial charge in [0.25, 0.3) is 5.91 Å². The molecule has 0 bridgehead atoms. The molecule has 1 fully saturated rings. The third kappa shape index (κ3) is 4.04. The topological polar surface area (TPSA) is 50.4 Å². The van der Waals surface area contributed by atoms with Gasteiger partial charge in [0.2, 0.25) is 0 Å². The molecule has 1 saturated heterocycles. The molecule has 1 aliphatic rings. The standard InChI is InChI=1S/C15H22N2O2/c1-11-8-14(6-7-16-11)17-15(18)13-5-3-4-12(9-13)10-19-2/h3-5,9,11,14,16H,6-8,10H2,1-2H3,(H,17,18). The Kier molecular flexibility index (Phi) is 4.93. The third-order valence-electron chi connectivity index (χ3n) is 3.46. The second-order valence-electron chi connectivity index (χ2n) is 5.18. The number of methoxy groups -OCH3 is 1. The van der Waals surface area contributed by atoms with Crippen LogP contribution in [0.25, 0.3) is 0 Å². The molecule has 0 aromatic heterocycles. The molecule has 2 unspecified atom stereocenters. The summed E-state index contributed by atoms with van der Waals surface area (Å²) in [4.78, 5) is 12.2. The molecule has 0 radical (unpaired) electrons. The zero-order valence-corrected chi connectivity index (χ0v) is 11.6. The maximum absolute atomic E-state index is 12.2. The molecule has 1 amide bonds. The first-order chi connectivity index (χ1) is 9.19. The summed E-state index contributed by atoms with van der Waals surface area (Å²) >= 11 is 0. The fourth-order valence-corrected chi connectivity index (χ4v) is 2.50. The summed E-state index contributed by atoms with van der Waals surface area (Å²) in [7, 11) is 1.66. The Morgan fingerprint density at radius 1 is 1.53 bits per heavy atom. The summed E-state index contributed by atoms with van der Waals surface area (Å²) in [5.41, 5.74) is 1.73. The predicted octanol–water partition coefficient (Wildman–Crippen LogP) is 1.70. The van der Waals surface area contributed by atoms with Crippen molar-refractivity contribution in [1.29, 1.82) is 0 Å². The lowest BCUT2D eigenvalue weighted by Crippen LogP contribution is -2.46. The van der Waals surface area contributed by atoms with E-state index < -0.39 is 0 Å². The van der Waals surface area contributed by atoms with Crippen molar-refractivity contribution < 1.29 is 9.53 Å². The highest BCUT2D eigenvalue weighted by atomic mass is 16.5. The van der Waals surface area contributed by atoms with E-state index in [1.54, 1.807) is 7.11 Å². The molecule has 4 nitrogen and oxygen atoms in total. The van der Waals surface area contributed by atoms with Gasteiger partial charge in [-0.3, -0.25) is 4.79 Å². The van der Waals surface area contributed by atoms with Crippen LogP contribution in [0.2, 0.25) is 0 Å². The molecule has 104 valence electrons. The highest BCUT2D eigenvalue weighted by Gasteiger charge is 2.20. The molecule has 19 heavy (non-hydrogen) atoms. The van der Waals surface area contributed by atoms with E-state index >= 15 is 0 Å². The van der Waals surface area contributed by atoms with Crippen molar-refractivity contribution in [3.63, 3.8) is 0 Å². The smallest absolute Gasteiger partial charge is 0.251 e. The number of carbonyl (C=O) groups excluding carboxylic acids is 1. The molecular weight excluding hydrogens is 240 g/mol. The number of piperidine rings is 1. The van der Waals surface area contributed by atoms with Crippen LogP contribution in [-0.4, -0.2) is 31.6 Å². The second kappa shape index (κ2) is 6.68. The van der Waals surface area contributed by atoms with Gasteiger partial charge in [-0.05, 0) is 44.0 Å². The van der Waals surface area contributed by atoms with Crippen molar-refractivity contribution in [2.45, 2.75) is 38.5 Å². The van der Waals surface area contributed by atoms with Gasteiger partial charge in [-0.25, -0.2) is 0 Å². The Labute approximate surface area is 114 Å². The van der Waals surface area contributed by atoms with E-state index in [-0.39, 0.29) is 11.9 Å². The van der Waals surface area contributed by atoms with Crippen LogP contribution in [-0.2, 0) is 11.3 Å². The first kappa shape index (κ1) is 14.0. The molecule has 0 saturated carbocycles. The summed E-state index contributed by atoms with van der Waals surface area (Å²) in [5, 5.41) is 6.50. The van der Waals surface area contributed by atoms with Gasteiger partial charge in [-0.2, -0.15) is 0 Å². The molecule has 0 spiro atoms. The van der Waals surface area contributed by atoms with E-state index in [4.69, 9.17) is 4.74 Å². The van der Waals surface area contributed by atoms with Gasteiger partial charge in [-0.1, -0.05) is 12.1 Å². The zero-order valence-electron chi connectivity index (χ0n) is 11.6. The van der Waals surface area contributed by atoms with Crippen molar-refractivity contribution >= 4 is 5.91 Å². The lowest BCUT2D eigenvalue weighted by atomic mass is 10.00. The van der Waals surface area contributed by atoms with E-state index in [1.807, 2.05) is 24.3 Å². The molecular formula is C15H22N2O2. The average Bonchev–Trinajstić information content (AvgIpc) is 2.39. The van der Waals surface area contributed by atoms with Crippen LogP contribution in [0.4, 0.5) is 0 Å². The van der Waals surface area contributed by atoms with Gasteiger partial charge >= 0.3 is 0 Å².